The molecule has 6 heteroatoms. The summed E-state index contributed by atoms with van der Waals surface area (Å²) in [5.41, 5.74) is 2.39. The number of ether oxygens (including phenoxy) is 1. The normalized spacial score (nSPS) is 27.4. The molecule has 176 valence electrons. The predicted octanol–water partition coefficient (Wildman–Crippen LogP) is 5.08. The average molecular weight is 476 g/mol. The number of aliphatic hydroxyl groups excluding tert-OH is 2. The molecular weight excluding hydrogens is 446 g/mol. The van der Waals surface area contributed by atoms with Crippen LogP contribution in [0.1, 0.15) is 42.5 Å². The van der Waals surface area contributed by atoms with Gasteiger partial charge in [0.2, 0.25) is 0 Å². The number of likely N-dealkylation sites (tertiary alicyclic amines) is 1. The van der Waals surface area contributed by atoms with Gasteiger partial charge >= 0.3 is 0 Å². The van der Waals surface area contributed by atoms with Gasteiger partial charge in [-0.3, -0.25) is 9.69 Å². The van der Waals surface area contributed by atoms with Crippen LogP contribution in [0.15, 0.2) is 81.4 Å². The molecule has 0 spiro atoms. The van der Waals surface area contributed by atoms with Crippen molar-refractivity contribution in [3.63, 3.8) is 0 Å². The topological polar surface area (TPSA) is 70.0 Å². The summed E-state index contributed by atoms with van der Waals surface area (Å²) in [6, 6.07) is 8.30. The maximum atomic E-state index is 13.7. The lowest BCUT2D eigenvalue weighted by Crippen LogP contribution is -2.59. The van der Waals surface area contributed by atoms with Gasteiger partial charge in [-0.1, -0.05) is 36.4 Å². The molecule has 0 bridgehead atoms. The Bertz CT molecular complexity index is 1150. The number of rotatable bonds is 6. The van der Waals surface area contributed by atoms with Crippen LogP contribution in [-0.2, 0) is 0 Å². The summed E-state index contributed by atoms with van der Waals surface area (Å²) in [6.07, 6.45) is 14.1. The van der Waals surface area contributed by atoms with Gasteiger partial charge in [0.05, 0.1) is 6.10 Å². The van der Waals surface area contributed by atoms with E-state index in [0.717, 1.165) is 45.8 Å². The van der Waals surface area contributed by atoms with Gasteiger partial charge < -0.3 is 14.9 Å². The summed E-state index contributed by atoms with van der Waals surface area (Å²) in [5.74, 6) is 1.02. The fourth-order valence-corrected chi connectivity index (χ4v) is 6.62. The minimum atomic E-state index is -0.480. The lowest BCUT2D eigenvalue weighted by Gasteiger charge is -2.47. The third kappa shape index (κ3) is 4.08. The van der Waals surface area contributed by atoms with Crippen LogP contribution in [0.25, 0.3) is 0 Å². The molecule has 6 rings (SSSR count). The quantitative estimate of drug-likeness (QED) is 0.560. The van der Waals surface area contributed by atoms with Gasteiger partial charge in [0.15, 0.2) is 5.78 Å². The molecule has 34 heavy (non-hydrogen) atoms. The summed E-state index contributed by atoms with van der Waals surface area (Å²) in [5, 5.41) is 19.9. The maximum Gasteiger partial charge on any atom is 0.190 e. The highest BCUT2D eigenvalue weighted by Gasteiger charge is 2.38. The Morgan fingerprint density at radius 3 is 2.56 bits per heavy atom. The fraction of sp³-hybridized carbons (Fsp3) is 0.393. The molecule has 0 aromatic heterocycles. The molecule has 2 unspecified atom stereocenters. The molecule has 2 aliphatic heterocycles. The van der Waals surface area contributed by atoms with E-state index in [9.17, 15) is 15.0 Å². The van der Waals surface area contributed by atoms with Crippen LogP contribution in [0.3, 0.4) is 0 Å². The van der Waals surface area contributed by atoms with Gasteiger partial charge in [-0.25, -0.2) is 0 Å². The Labute approximate surface area is 204 Å². The first-order chi connectivity index (χ1) is 16.5. The van der Waals surface area contributed by atoms with E-state index in [-0.39, 0.29) is 23.6 Å². The second-order valence-corrected chi connectivity index (χ2v) is 10.8. The highest BCUT2D eigenvalue weighted by atomic mass is 32.2. The van der Waals surface area contributed by atoms with Gasteiger partial charge in [-0.05, 0) is 67.7 Å². The summed E-state index contributed by atoms with van der Waals surface area (Å²) in [6.45, 7) is 1.99. The van der Waals surface area contributed by atoms with Crippen LogP contribution in [0, 0.1) is 5.92 Å². The van der Waals surface area contributed by atoms with Crippen molar-refractivity contribution in [3.8, 4) is 5.75 Å². The summed E-state index contributed by atoms with van der Waals surface area (Å²) in [4.78, 5) is 18.2. The lowest BCUT2D eigenvalue weighted by molar-refractivity contribution is -0.0308. The van der Waals surface area contributed by atoms with Crippen LogP contribution < -0.4 is 4.74 Å². The second kappa shape index (κ2) is 8.91. The zero-order valence-corrected chi connectivity index (χ0v) is 19.8. The van der Waals surface area contributed by atoms with Crippen LogP contribution in [0.2, 0.25) is 0 Å². The van der Waals surface area contributed by atoms with Crippen LogP contribution in [0.5, 0.6) is 5.75 Å². The van der Waals surface area contributed by atoms with E-state index in [1.807, 2.05) is 36.4 Å². The first-order valence-electron chi connectivity index (χ1n) is 12.2. The minimum absolute atomic E-state index is 0.0115. The Morgan fingerprint density at radius 2 is 1.88 bits per heavy atom. The number of allylic oxidation sites excluding steroid dienone is 6. The minimum Gasteiger partial charge on any atom is -0.508 e. The molecule has 0 amide bonds. The van der Waals surface area contributed by atoms with E-state index >= 15 is 0 Å². The molecule has 5 aliphatic rings. The number of carbonyl (C=O) groups is 1. The molecule has 1 saturated carbocycles. The molecule has 2 fully saturated rings. The first kappa shape index (κ1) is 22.0. The Kier molecular flexibility index (Phi) is 5.76. The summed E-state index contributed by atoms with van der Waals surface area (Å²) in [7, 11) is 0. The van der Waals surface area contributed by atoms with Crippen LogP contribution >= 0.6 is 11.8 Å². The highest BCUT2D eigenvalue weighted by molar-refractivity contribution is 8.07. The average Bonchev–Trinajstić information content (AvgIpc) is 3.15. The van der Waals surface area contributed by atoms with E-state index in [2.05, 4.69) is 4.90 Å². The number of fused-ring (bicyclic) bond motifs is 1. The van der Waals surface area contributed by atoms with E-state index in [4.69, 9.17) is 4.74 Å². The van der Waals surface area contributed by atoms with Crippen molar-refractivity contribution in [1.82, 2.24) is 4.90 Å². The molecule has 2 N–H and O–H groups in total. The molecule has 1 aromatic rings. The molecule has 0 radical (unpaired) electrons. The van der Waals surface area contributed by atoms with Crippen molar-refractivity contribution < 1.29 is 19.7 Å². The van der Waals surface area contributed by atoms with Gasteiger partial charge in [0, 0.05) is 46.0 Å². The third-order valence-electron chi connectivity index (χ3n) is 7.48. The molecule has 3 aliphatic carbocycles. The van der Waals surface area contributed by atoms with Crippen molar-refractivity contribution >= 4 is 17.5 Å². The third-order valence-corrected chi connectivity index (χ3v) is 8.78. The van der Waals surface area contributed by atoms with Crippen molar-refractivity contribution in [2.24, 2.45) is 5.92 Å². The monoisotopic (exact) mass is 475 g/mol. The predicted molar refractivity (Wildman–Crippen MR) is 134 cm³/mol. The standard InChI is InChI=1S/C28H29NO4S/c30-20-8-4-18(5-9-20)28-26(24-13-10-21(31)14-25(24)34-28)27(32)17-6-11-22(12-7-17)33-23-15-29(16-23)19-2-1-3-19/h4-8,10-12,14,19-20,23-24,30-31H,1-3,9,13,15-16H2. The number of thioether (sulfide) groups is 1. The first-order valence-corrected chi connectivity index (χ1v) is 13.0. The SMILES string of the molecule is O=C(C1=C(C2=CCC(O)C=C2)SC2=CC(O)=CCC21)c1ccc(OC2CN(C3CCC3)C2)cc1. The van der Waals surface area contributed by atoms with Crippen molar-refractivity contribution in [2.75, 3.05) is 13.1 Å². The zero-order chi connectivity index (χ0) is 23.2. The van der Waals surface area contributed by atoms with Crippen LogP contribution in [0.4, 0.5) is 0 Å². The van der Waals surface area contributed by atoms with Crippen molar-refractivity contribution in [2.45, 2.75) is 50.4 Å². The van der Waals surface area contributed by atoms with Gasteiger partial charge in [0.1, 0.15) is 17.6 Å². The molecule has 1 saturated heterocycles. The number of Topliss-reactive ketones (excluding diaryl/α,β-unsaturated/α-hetero) is 1. The zero-order valence-electron chi connectivity index (χ0n) is 19.0. The number of carbonyl (C=O) groups excluding carboxylic acids is 1. The highest BCUT2D eigenvalue weighted by Crippen LogP contribution is 2.53. The lowest BCUT2D eigenvalue weighted by atomic mass is 9.85. The number of aliphatic hydroxyl groups is 2. The second-order valence-electron chi connectivity index (χ2n) is 9.76. The van der Waals surface area contributed by atoms with E-state index in [1.165, 1.54) is 19.3 Å². The Balaban J connectivity index is 1.20. The maximum absolute atomic E-state index is 13.7. The molecule has 1 aromatic carbocycles. The molecule has 2 atom stereocenters. The number of hydrogen-bond donors (Lipinski definition) is 2. The summed E-state index contributed by atoms with van der Waals surface area (Å²) >= 11 is 1.56. The summed E-state index contributed by atoms with van der Waals surface area (Å²) < 4.78 is 6.13. The van der Waals surface area contributed by atoms with E-state index in [1.54, 1.807) is 30.0 Å². The molecule has 5 nitrogen and oxygen atoms in total. The largest absolute Gasteiger partial charge is 0.508 e. The molecule has 2 heterocycles. The number of ketones is 1. The van der Waals surface area contributed by atoms with Crippen molar-refractivity contribution in [1.29, 1.82) is 0 Å². The number of nitrogens with zero attached hydrogens (tertiary/aromatic N) is 1. The number of hydrogen-bond acceptors (Lipinski definition) is 6. The fourth-order valence-electron chi connectivity index (χ4n) is 5.23. The van der Waals surface area contributed by atoms with E-state index in [0.29, 0.717) is 18.4 Å². The van der Waals surface area contributed by atoms with Gasteiger partial charge in [-0.2, -0.15) is 0 Å². The Hall–Kier alpha value is -2.54. The van der Waals surface area contributed by atoms with Gasteiger partial charge in [-0.15, -0.1) is 0 Å². The Morgan fingerprint density at radius 1 is 1.09 bits per heavy atom. The smallest absolute Gasteiger partial charge is 0.190 e. The van der Waals surface area contributed by atoms with Gasteiger partial charge in [0.25, 0.3) is 0 Å². The molecular formula is C28H29NO4S. The van der Waals surface area contributed by atoms with Crippen LogP contribution in [-0.4, -0.2) is 52.2 Å². The van der Waals surface area contributed by atoms with E-state index < -0.39 is 6.10 Å². The number of benzene rings is 1. The van der Waals surface area contributed by atoms with Crippen molar-refractivity contribution in [3.05, 3.63) is 86.9 Å².